The molecule has 4 rings (SSSR count). The van der Waals surface area contributed by atoms with Crippen molar-refractivity contribution in [2.45, 2.75) is 43.8 Å². The Hall–Kier alpha value is -3.33. The minimum Gasteiger partial charge on any atom is -0.497 e. The van der Waals surface area contributed by atoms with Crippen molar-refractivity contribution in [1.82, 2.24) is 4.90 Å². The molecule has 0 spiro atoms. The van der Waals surface area contributed by atoms with Crippen molar-refractivity contribution in [3.8, 4) is 11.5 Å². The Balaban J connectivity index is 1.50. The number of nitrogens with one attached hydrogen (secondary N) is 1. The van der Waals surface area contributed by atoms with Gasteiger partial charge in [0.1, 0.15) is 22.6 Å². The van der Waals surface area contributed by atoms with E-state index < -0.39 is 5.25 Å². The second-order valence-electron chi connectivity index (χ2n) is 8.64. The van der Waals surface area contributed by atoms with E-state index in [9.17, 15) is 14.0 Å². The fraction of sp³-hybridized carbons (Fsp3) is 0.370. The van der Waals surface area contributed by atoms with Crippen molar-refractivity contribution in [3.63, 3.8) is 0 Å². The summed E-state index contributed by atoms with van der Waals surface area (Å²) >= 11 is 1.27. The summed E-state index contributed by atoms with van der Waals surface area (Å²) in [6, 6.07) is 10.9. The largest absolute Gasteiger partial charge is 0.497 e. The topological polar surface area (TPSA) is 80.2 Å². The molecule has 1 aliphatic heterocycles. The predicted molar refractivity (Wildman–Crippen MR) is 141 cm³/mol. The number of benzene rings is 2. The van der Waals surface area contributed by atoms with Crippen molar-refractivity contribution < 1.29 is 23.5 Å². The van der Waals surface area contributed by atoms with Crippen LogP contribution in [0.2, 0.25) is 0 Å². The van der Waals surface area contributed by atoms with Crippen LogP contribution in [0, 0.1) is 5.82 Å². The molecule has 1 saturated heterocycles. The molecule has 1 atom stereocenters. The van der Waals surface area contributed by atoms with Gasteiger partial charge in [0.05, 0.1) is 25.6 Å². The average molecular weight is 512 g/mol. The van der Waals surface area contributed by atoms with Crippen LogP contribution in [0.15, 0.2) is 59.1 Å². The molecule has 2 aliphatic rings. The number of rotatable bonds is 9. The van der Waals surface area contributed by atoms with Crippen LogP contribution in [-0.4, -0.2) is 47.9 Å². The zero-order valence-corrected chi connectivity index (χ0v) is 21.3. The van der Waals surface area contributed by atoms with E-state index in [0.717, 1.165) is 19.3 Å². The van der Waals surface area contributed by atoms with Gasteiger partial charge in [0.2, 0.25) is 11.8 Å². The first kappa shape index (κ1) is 25.8. The molecule has 0 saturated carbocycles. The van der Waals surface area contributed by atoms with E-state index in [1.807, 2.05) is 0 Å². The molecule has 2 aromatic carbocycles. The monoisotopic (exact) mass is 511 g/mol. The van der Waals surface area contributed by atoms with Gasteiger partial charge in [-0.25, -0.2) is 9.38 Å². The van der Waals surface area contributed by atoms with E-state index in [1.165, 1.54) is 49.4 Å². The molecule has 1 fully saturated rings. The maximum Gasteiger partial charge on any atom is 0.242 e. The average Bonchev–Trinajstić information content (AvgIpc) is 3.17. The van der Waals surface area contributed by atoms with E-state index >= 15 is 0 Å². The summed E-state index contributed by atoms with van der Waals surface area (Å²) < 4.78 is 23.9. The van der Waals surface area contributed by atoms with Gasteiger partial charge < -0.3 is 14.8 Å². The van der Waals surface area contributed by atoms with Crippen LogP contribution in [0.4, 0.5) is 15.8 Å². The van der Waals surface area contributed by atoms with Gasteiger partial charge in [-0.05, 0) is 68.5 Å². The van der Waals surface area contributed by atoms with Gasteiger partial charge in [-0.2, -0.15) is 0 Å². The first-order valence-electron chi connectivity index (χ1n) is 12.0. The lowest BCUT2D eigenvalue weighted by Gasteiger charge is -2.19. The number of ether oxygens (including phenoxy) is 2. The van der Waals surface area contributed by atoms with Crippen molar-refractivity contribution in [2.24, 2.45) is 4.99 Å². The molecule has 1 heterocycles. The molecule has 1 aliphatic carbocycles. The quantitative estimate of drug-likeness (QED) is 0.437. The molecule has 0 aromatic heterocycles. The second kappa shape index (κ2) is 12.1. The Kier molecular flexibility index (Phi) is 8.64. The third kappa shape index (κ3) is 6.46. The van der Waals surface area contributed by atoms with E-state index in [-0.39, 0.29) is 24.1 Å². The van der Waals surface area contributed by atoms with Gasteiger partial charge in [-0.1, -0.05) is 23.4 Å². The lowest BCUT2D eigenvalue weighted by atomic mass is 9.97. The molecule has 7 nitrogen and oxygen atoms in total. The number of amidine groups is 1. The Labute approximate surface area is 214 Å². The number of methoxy groups -OCH3 is 2. The number of hydrogen-bond donors (Lipinski definition) is 1. The Morgan fingerprint density at radius 1 is 1.17 bits per heavy atom. The highest BCUT2D eigenvalue weighted by atomic mass is 32.2. The molecule has 190 valence electrons. The summed E-state index contributed by atoms with van der Waals surface area (Å²) in [4.78, 5) is 32.6. The molecule has 9 heteroatoms. The summed E-state index contributed by atoms with van der Waals surface area (Å²) in [5.74, 6) is 0.262. The molecular formula is C27H30FN3O4S. The normalized spacial score (nSPS) is 18.8. The molecule has 0 radical (unpaired) electrons. The van der Waals surface area contributed by atoms with Crippen LogP contribution in [0.5, 0.6) is 11.5 Å². The molecule has 1 N–H and O–H groups in total. The highest BCUT2D eigenvalue weighted by Crippen LogP contribution is 2.34. The van der Waals surface area contributed by atoms with Gasteiger partial charge in [0, 0.05) is 19.0 Å². The van der Waals surface area contributed by atoms with E-state index in [4.69, 9.17) is 9.47 Å². The minimum absolute atomic E-state index is 0.0223. The summed E-state index contributed by atoms with van der Waals surface area (Å²) in [6.07, 6.45) is 7.51. The van der Waals surface area contributed by atoms with Crippen LogP contribution in [0.25, 0.3) is 0 Å². The molecular weight excluding hydrogens is 481 g/mol. The van der Waals surface area contributed by atoms with Crippen LogP contribution in [0.1, 0.15) is 38.5 Å². The van der Waals surface area contributed by atoms with Gasteiger partial charge >= 0.3 is 0 Å². The fourth-order valence-corrected chi connectivity index (χ4v) is 5.41. The number of halogens is 1. The lowest BCUT2D eigenvalue weighted by molar-refractivity contribution is -0.128. The molecule has 2 aromatic rings. The highest BCUT2D eigenvalue weighted by molar-refractivity contribution is 8.15. The van der Waals surface area contributed by atoms with Gasteiger partial charge in [-0.15, -0.1) is 0 Å². The van der Waals surface area contributed by atoms with Crippen LogP contribution < -0.4 is 14.8 Å². The Morgan fingerprint density at radius 2 is 1.97 bits per heavy atom. The zero-order valence-electron chi connectivity index (χ0n) is 20.5. The number of anilines is 1. The summed E-state index contributed by atoms with van der Waals surface area (Å²) in [6.45, 7) is 0.500. The Bertz CT molecular complexity index is 1170. The summed E-state index contributed by atoms with van der Waals surface area (Å²) in [7, 11) is 3.06. The SMILES string of the molecule is COc1ccc(OC)c(NC(=O)CC2SC(=Nc3ccc(F)cc3)N(CCC3=CCCCC3)C2=O)c1. The Morgan fingerprint density at radius 3 is 2.67 bits per heavy atom. The number of carbonyl (C=O) groups excluding carboxylic acids is 2. The first-order valence-corrected chi connectivity index (χ1v) is 12.9. The van der Waals surface area contributed by atoms with Gasteiger partial charge in [-0.3, -0.25) is 14.5 Å². The van der Waals surface area contributed by atoms with E-state index in [1.54, 1.807) is 42.3 Å². The van der Waals surface area contributed by atoms with Crippen molar-refractivity contribution >= 4 is 40.1 Å². The first-order chi connectivity index (χ1) is 17.5. The maximum atomic E-state index is 13.4. The predicted octanol–water partition coefficient (Wildman–Crippen LogP) is 5.69. The smallest absolute Gasteiger partial charge is 0.242 e. The van der Waals surface area contributed by atoms with Crippen molar-refractivity contribution in [3.05, 3.63) is 59.9 Å². The molecule has 36 heavy (non-hydrogen) atoms. The molecule has 0 bridgehead atoms. The van der Waals surface area contributed by atoms with E-state index in [0.29, 0.717) is 34.6 Å². The number of aliphatic imine (C=N–C) groups is 1. The van der Waals surface area contributed by atoms with Gasteiger partial charge in [0.25, 0.3) is 0 Å². The molecule has 2 amide bonds. The number of allylic oxidation sites excluding steroid dienone is 1. The number of hydrogen-bond acceptors (Lipinski definition) is 6. The minimum atomic E-state index is -0.610. The van der Waals surface area contributed by atoms with Gasteiger partial charge in [0.15, 0.2) is 5.17 Å². The third-order valence-corrected chi connectivity index (χ3v) is 7.34. The van der Waals surface area contributed by atoms with Crippen molar-refractivity contribution in [1.29, 1.82) is 0 Å². The summed E-state index contributed by atoms with van der Waals surface area (Å²) in [5, 5.41) is 2.75. The van der Waals surface area contributed by atoms with E-state index in [2.05, 4.69) is 16.4 Å². The highest BCUT2D eigenvalue weighted by Gasteiger charge is 2.39. The van der Waals surface area contributed by atoms with Crippen LogP contribution in [0.3, 0.4) is 0 Å². The third-order valence-electron chi connectivity index (χ3n) is 6.16. The number of thioether (sulfide) groups is 1. The zero-order chi connectivity index (χ0) is 25.5. The second-order valence-corrected chi connectivity index (χ2v) is 9.81. The number of amides is 2. The lowest BCUT2D eigenvalue weighted by Crippen LogP contribution is -2.34. The van der Waals surface area contributed by atoms with Crippen molar-refractivity contribution in [2.75, 3.05) is 26.1 Å². The van der Waals surface area contributed by atoms with Crippen LogP contribution in [-0.2, 0) is 9.59 Å². The maximum absolute atomic E-state index is 13.4. The summed E-state index contributed by atoms with van der Waals surface area (Å²) in [5.41, 5.74) is 2.38. The standard InChI is InChI=1S/C27H30FN3O4S/c1-34-21-12-13-23(35-2)22(16-21)30-25(32)17-24-26(33)31(15-14-18-6-4-3-5-7-18)27(36-24)29-20-10-8-19(28)9-11-20/h6,8-13,16,24H,3-5,7,14-15,17H2,1-2H3,(H,30,32). The number of carbonyl (C=O) groups is 2. The molecule has 1 unspecified atom stereocenters. The number of nitrogens with zero attached hydrogens (tertiary/aromatic N) is 2. The fourth-order valence-electron chi connectivity index (χ4n) is 4.23. The van der Waals surface area contributed by atoms with Crippen LogP contribution >= 0.6 is 11.8 Å².